The molecular weight excluding hydrogens is 384 g/mol. The van der Waals surface area contributed by atoms with E-state index in [1.807, 2.05) is 55.7 Å². The molecule has 2 aromatic carbocycles. The molecule has 0 amide bonds. The molecule has 5 heteroatoms. The van der Waals surface area contributed by atoms with Crippen molar-refractivity contribution >= 4 is 34.7 Å². The van der Waals surface area contributed by atoms with Gasteiger partial charge in [-0.2, -0.15) is 0 Å². The Balaban J connectivity index is 1.85. The van der Waals surface area contributed by atoms with Crippen LogP contribution in [0, 0.1) is 34.6 Å². The van der Waals surface area contributed by atoms with E-state index in [-0.39, 0.29) is 0 Å². The van der Waals surface area contributed by atoms with Crippen molar-refractivity contribution in [1.82, 2.24) is 4.98 Å². The van der Waals surface area contributed by atoms with Gasteiger partial charge in [0, 0.05) is 11.0 Å². The Kier molecular flexibility index (Phi) is 6.70. The third-order valence-electron chi connectivity index (χ3n) is 4.33. The van der Waals surface area contributed by atoms with Gasteiger partial charge in [0.25, 0.3) is 0 Å². The maximum Gasteiger partial charge on any atom is 0.220 e. The highest BCUT2D eigenvalue weighted by Gasteiger charge is 2.05. The Morgan fingerprint density at radius 3 is 2.54 bits per heavy atom. The monoisotopic (exact) mass is 408 g/mol. The van der Waals surface area contributed by atoms with Gasteiger partial charge < -0.3 is 4.74 Å². The molecular formula is C23H24N2OS2. The van der Waals surface area contributed by atoms with Crippen molar-refractivity contribution in [2.75, 3.05) is 0 Å². The molecule has 0 aliphatic carbocycles. The van der Waals surface area contributed by atoms with E-state index < -0.39 is 0 Å². The number of thiazole rings is 1. The average Bonchev–Trinajstić information content (AvgIpc) is 2.96. The Labute approximate surface area is 175 Å². The summed E-state index contributed by atoms with van der Waals surface area (Å²) >= 11 is 3.28. The third kappa shape index (κ3) is 5.57. The predicted molar refractivity (Wildman–Crippen MR) is 121 cm³/mol. The molecule has 0 spiro atoms. The lowest BCUT2D eigenvalue weighted by molar-refractivity contribution is 0.555. The van der Waals surface area contributed by atoms with Gasteiger partial charge in [0.1, 0.15) is 5.75 Å². The summed E-state index contributed by atoms with van der Waals surface area (Å²) in [5.41, 5.74) is 5.57. The second-order valence-corrected chi connectivity index (χ2v) is 9.04. The van der Waals surface area contributed by atoms with Gasteiger partial charge in [-0.05, 0) is 81.0 Å². The summed E-state index contributed by atoms with van der Waals surface area (Å²) in [5, 5.41) is 1.98. The Hall–Kier alpha value is -2.37. The standard InChI is InChI=1S/C23H24N2OS2/c1-15-7-6-8-21(13-15)26-22(25-20-10-9-16(2)17(3)14-20)11-12-27-23-24-18(4)19(5)28-23/h6-14H,1-5H3. The highest BCUT2D eigenvalue weighted by atomic mass is 32.2. The van der Waals surface area contributed by atoms with E-state index in [0.717, 1.165) is 27.0 Å². The minimum atomic E-state index is 0.548. The number of thioether (sulfide) groups is 1. The predicted octanol–water partition coefficient (Wildman–Crippen LogP) is 7.10. The van der Waals surface area contributed by atoms with E-state index in [1.165, 1.54) is 16.0 Å². The molecule has 144 valence electrons. The molecule has 28 heavy (non-hydrogen) atoms. The number of aryl methyl sites for hydroxylation is 5. The van der Waals surface area contributed by atoms with Crippen LogP contribution in [0.1, 0.15) is 27.3 Å². The lowest BCUT2D eigenvalue weighted by atomic mass is 10.1. The smallest absolute Gasteiger partial charge is 0.220 e. The highest BCUT2D eigenvalue weighted by Crippen LogP contribution is 2.27. The zero-order chi connectivity index (χ0) is 20.1. The maximum atomic E-state index is 6.07. The van der Waals surface area contributed by atoms with Crippen molar-refractivity contribution in [3.05, 3.63) is 81.2 Å². The summed E-state index contributed by atoms with van der Waals surface area (Å²) in [6.45, 7) is 10.4. The van der Waals surface area contributed by atoms with E-state index in [2.05, 4.69) is 37.9 Å². The molecule has 0 bridgehead atoms. The largest absolute Gasteiger partial charge is 0.439 e. The van der Waals surface area contributed by atoms with Gasteiger partial charge in [-0.15, -0.1) is 11.3 Å². The van der Waals surface area contributed by atoms with Crippen LogP contribution in [0.2, 0.25) is 0 Å². The molecule has 0 atom stereocenters. The van der Waals surface area contributed by atoms with Crippen molar-refractivity contribution in [2.24, 2.45) is 4.99 Å². The number of rotatable bonds is 5. The van der Waals surface area contributed by atoms with Crippen molar-refractivity contribution < 1.29 is 4.74 Å². The fraction of sp³-hybridized carbons (Fsp3) is 0.217. The molecule has 0 aliphatic rings. The first-order valence-electron chi connectivity index (χ1n) is 9.08. The van der Waals surface area contributed by atoms with Crippen LogP contribution in [0.25, 0.3) is 0 Å². The zero-order valence-corrected chi connectivity index (χ0v) is 18.4. The number of ether oxygens (including phenoxy) is 1. The number of aliphatic imine (C=N–C) groups is 1. The third-order valence-corrected chi connectivity index (χ3v) is 6.30. The number of hydrogen-bond acceptors (Lipinski definition) is 5. The normalized spacial score (nSPS) is 12.0. The molecule has 1 aromatic heterocycles. The average molecular weight is 409 g/mol. The SMILES string of the molecule is Cc1cccc(OC(C=CSc2nc(C)c(C)s2)=Nc2ccc(C)c(C)c2)c1. The van der Waals surface area contributed by atoms with Crippen LogP contribution >= 0.6 is 23.1 Å². The van der Waals surface area contributed by atoms with Gasteiger partial charge in [-0.25, -0.2) is 9.98 Å². The van der Waals surface area contributed by atoms with Crippen LogP contribution < -0.4 is 4.74 Å². The molecule has 0 N–H and O–H groups in total. The fourth-order valence-corrected chi connectivity index (χ4v) is 4.32. The van der Waals surface area contributed by atoms with Crippen LogP contribution in [0.3, 0.4) is 0 Å². The summed E-state index contributed by atoms with van der Waals surface area (Å²) in [4.78, 5) is 10.5. The molecule has 0 saturated carbocycles. The van der Waals surface area contributed by atoms with Crippen molar-refractivity contribution in [3.63, 3.8) is 0 Å². The summed E-state index contributed by atoms with van der Waals surface area (Å²) in [6.07, 6.45) is 1.90. The van der Waals surface area contributed by atoms with Gasteiger partial charge >= 0.3 is 0 Å². The quantitative estimate of drug-likeness (QED) is 0.256. The Morgan fingerprint density at radius 1 is 1.04 bits per heavy atom. The van der Waals surface area contributed by atoms with Gasteiger partial charge in [0.2, 0.25) is 5.90 Å². The van der Waals surface area contributed by atoms with Gasteiger partial charge in [0.15, 0.2) is 4.34 Å². The van der Waals surface area contributed by atoms with Gasteiger partial charge in [0.05, 0.1) is 11.4 Å². The molecule has 0 unspecified atom stereocenters. The van der Waals surface area contributed by atoms with Crippen LogP contribution in [-0.4, -0.2) is 10.9 Å². The molecule has 0 saturated heterocycles. The van der Waals surface area contributed by atoms with Crippen molar-refractivity contribution in [3.8, 4) is 5.75 Å². The second-order valence-electron chi connectivity index (χ2n) is 6.68. The molecule has 3 nitrogen and oxygen atoms in total. The Morgan fingerprint density at radius 2 is 1.86 bits per heavy atom. The van der Waals surface area contributed by atoms with E-state index in [4.69, 9.17) is 9.73 Å². The van der Waals surface area contributed by atoms with Crippen LogP contribution in [0.15, 0.2) is 63.3 Å². The number of benzene rings is 2. The van der Waals surface area contributed by atoms with Crippen LogP contribution in [0.4, 0.5) is 5.69 Å². The molecule has 3 rings (SSSR count). The fourth-order valence-electron chi connectivity index (χ4n) is 2.46. The lowest BCUT2D eigenvalue weighted by Gasteiger charge is -2.07. The number of hydrogen-bond donors (Lipinski definition) is 0. The van der Waals surface area contributed by atoms with E-state index in [0.29, 0.717) is 5.90 Å². The molecule has 0 fully saturated rings. The molecule has 3 aromatic rings. The first-order chi connectivity index (χ1) is 13.4. The molecule has 1 heterocycles. The van der Waals surface area contributed by atoms with E-state index >= 15 is 0 Å². The minimum absolute atomic E-state index is 0.548. The first kappa shape index (κ1) is 20.4. The highest BCUT2D eigenvalue weighted by molar-refractivity contribution is 8.03. The molecule has 0 radical (unpaired) electrons. The summed E-state index contributed by atoms with van der Waals surface area (Å²) in [7, 11) is 0. The first-order valence-corrected chi connectivity index (χ1v) is 10.8. The topological polar surface area (TPSA) is 34.5 Å². The van der Waals surface area contributed by atoms with Gasteiger partial charge in [-0.1, -0.05) is 30.0 Å². The summed E-state index contributed by atoms with van der Waals surface area (Å²) in [5.74, 6) is 1.32. The second kappa shape index (κ2) is 9.22. The summed E-state index contributed by atoms with van der Waals surface area (Å²) in [6, 6.07) is 14.1. The van der Waals surface area contributed by atoms with Crippen molar-refractivity contribution in [2.45, 2.75) is 39.0 Å². The van der Waals surface area contributed by atoms with E-state index in [9.17, 15) is 0 Å². The molecule has 0 aliphatic heterocycles. The van der Waals surface area contributed by atoms with Crippen LogP contribution in [-0.2, 0) is 0 Å². The summed E-state index contributed by atoms with van der Waals surface area (Å²) < 4.78 is 7.09. The zero-order valence-electron chi connectivity index (χ0n) is 16.8. The van der Waals surface area contributed by atoms with E-state index in [1.54, 1.807) is 23.1 Å². The van der Waals surface area contributed by atoms with Crippen molar-refractivity contribution in [1.29, 1.82) is 0 Å². The number of aromatic nitrogens is 1. The lowest BCUT2D eigenvalue weighted by Crippen LogP contribution is -2.04. The van der Waals surface area contributed by atoms with Gasteiger partial charge in [-0.3, -0.25) is 0 Å². The Bertz CT molecular complexity index is 1020. The maximum absolute atomic E-state index is 6.07. The minimum Gasteiger partial charge on any atom is -0.439 e. The van der Waals surface area contributed by atoms with Crippen LogP contribution in [0.5, 0.6) is 5.75 Å². The number of nitrogens with zero attached hydrogens (tertiary/aromatic N) is 2.